The predicted octanol–water partition coefficient (Wildman–Crippen LogP) is 4.88. The van der Waals surface area contributed by atoms with Crippen molar-refractivity contribution in [1.82, 2.24) is 5.32 Å². The van der Waals surface area contributed by atoms with E-state index in [-0.39, 0.29) is 5.82 Å². The number of benzene rings is 2. The monoisotopic (exact) mass is 309 g/mol. The molecule has 0 saturated heterocycles. The van der Waals surface area contributed by atoms with Crippen LogP contribution in [-0.2, 0) is 12.3 Å². The molecule has 0 unspecified atom stereocenters. The summed E-state index contributed by atoms with van der Waals surface area (Å²) in [7, 11) is 0. The molecule has 0 atom stereocenters. The van der Waals surface area contributed by atoms with Crippen molar-refractivity contribution >= 4 is 23.4 Å². The van der Waals surface area contributed by atoms with E-state index in [0.29, 0.717) is 10.8 Å². The number of rotatable bonds is 6. The summed E-state index contributed by atoms with van der Waals surface area (Å²) in [5.41, 5.74) is 2.08. The standard InChI is InChI=1S/C16H17ClFNS/c1-2-19-10-12-4-3-5-15(8-12)20-11-13-9-14(18)6-7-16(13)17/h3-9,19H,2,10-11H2,1H3. The molecule has 0 radical (unpaired) electrons. The fraction of sp³-hybridized carbons (Fsp3) is 0.250. The second kappa shape index (κ2) is 7.67. The Kier molecular flexibility index (Phi) is 5.89. The highest BCUT2D eigenvalue weighted by Crippen LogP contribution is 2.27. The molecular weight excluding hydrogens is 293 g/mol. The Morgan fingerprint density at radius 2 is 2.05 bits per heavy atom. The SMILES string of the molecule is CCNCc1cccc(SCc2cc(F)ccc2Cl)c1. The third-order valence-electron chi connectivity index (χ3n) is 2.88. The van der Waals surface area contributed by atoms with Crippen molar-refractivity contribution in [2.24, 2.45) is 0 Å². The highest BCUT2D eigenvalue weighted by molar-refractivity contribution is 7.98. The van der Waals surface area contributed by atoms with E-state index in [4.69, 9.17) is 11.6 Å². The number of hydrogen-bond acceptors (Lipinski definition) is 2. The van der Waals surface area contributed by atoms with Gasteiger partial charge in [-0.1, -0.05) is 30.7 Å². The third kappa shape index (κ3) is 4.51. The lowest BCUT2D eigenvalue weighted by Gasteiger charge is -2.07. The molecule has 2 aromatic rings. The summed E-state index contributed by atoms with van der Waals surface area (Å²) in [6, 6.07) is 12.8. The van der Waals surface area contributed by atoms with Gasteiger partial charge in [-0.05, 0) is 48.0 Å². The molecule has 2 aromatic carbocycles. The molecular formula is C16H17ClFNS. The van der Waals surface area contributed by atoms with Gasteiger partial charge in [0.25, 0.3) is 0 Å². The van der Waals surface area contributed by atoms with Crippen molar-refractivity contribution in [3.63, 3.8) is 0 Å². The Morgan fingerprint density at radius 1 is 1.20 bits per heavy atom. The van der Waals surface area contributed by atoms with E-state index in [1.54, 1.807) is 17.8 Å². The fourth-order valence-electron chi connectivity index (χ4n) is 1.83. The van der Waals surface area contributed by atoms with Crippen LogP contribution in [0.1, 0.15) is 18.1 Å². The van der Waals surface area contributed by atoms with Gasteiger partial charge >= 0.3 is 0 Å². The molecule has 20 heavy (non-hydrogen) atoms. The maximum absolute atomic E-state index is 13.2. The predicted molar refractivity (Wildman–Crippen MR) is 84.8 cm³/mol. The van der Waals surface area contributed by atoms with E-state index in [1.807, 2.05) is 6.07 Å². The molecule has 4 heteroatoms. The van der Waals surface area contributed by atoms with Crippen molar-refractivity contribution in [1.29, 1.82) is 0 Å². The molecule has 1 N–H and O–H groups in total. The third-order valence-corrected chi connectivity index (χ3v) is 4.29. The van der Waals surface area contributed by atoms with Crippen LogP contribution >= 0.6 is 23.4 Å². The molecule has 0 spiro atoms. The van der Waals surface area contributed by atoms with Gasteiger partial charge in [0.1, 0.15) is 5.82 Å². The summed E-state index contributed by atoms with van der Waals surface area (Å²) in [4.78, 5) is 1.17. The van der Waals surface area contributed by atoms with Gasteiger partial charge in [0.05, 0.1) is 0 Å². The Hall–Kier alpha value is -1.03. The summed E-state index contributed by atoms with van der Waals surface area (Å²) >= 11 is 7.74. The number of nitrogens with one attached hydrogen (secondary N) is 1. The van der Waals surface area contributed by atoms with Crippen LogP contribution in [0.3, 0.4) is 0 Å². The van der Waals surface area contributed by atoms with Crippen LogP contribution in [0.15, 0.2) is 47.4 Å². The topological polar surface area (TPSA) is 12.0 Å². The Bertz CT molecular complexity index is 574. The van der Waals surface area contributed by atoms with Gasteiger partial charge in [-0.25, -0.2) is 4.39 Å². The molecule has 0 aliphatic heterocycles. The molecule has 0 amide bonds. The first-order valence-corrected chi connectivity index (χ1v) is 7.92. The molecule has 1 nitrogen and oxygen atoms in total. The lowest BCUT2D eigenvalue weighted by molar-refractivity contribution is 0.626. The minimum atomic E-state index is -0.245. The molecule has 0 bridgehead atoms. The second-order valence-corrected chi connectivity index (χ2v) is 5.91. The minimum absolute atomic E-state index is 0.245. The number of thioether (sulfide) groups is 1. The van der Waals surface area contributed by atoms with Gasteiger partial charge in [-0.2, -0.15) is 0 Å². The average molecular weight is 310 g/mol. The van der Waals surface area contributed by atoms with Crippen LogP contribution in [0.2, 0.25) is 5.02 Å². The van der Waals surface area contributed by atoms with Crippen molar-refractivity contribution in [3.8, 4) is 0 Å². The largest absolute Gasteiger partial charge is 0.313 e. The van der Waals surface area contributed by atoms with Gasteiger partial charge < -0.3 is 5.32 Å². The molecule has 0 saturated carbocycles. The first kappa shape index (κ1) is 15.4. The first-order valence-electron chi connectivity index (χ1n) is 6.55. The van der Waals surface area contributed by atoms with Gasteiger partial charge in [-0.3, -0.25) is 0 Å². The maximum Gasteiger partial charge on any atom is 0.123 e. The lowest BCUT2D eigenvalue weighted by atomic mass is 10.2. The van der Waals surface area contributed by atoms with Gasteiger partial charge in [0.2, 0.25) is 0 Å². The van der Waals surface area contributed by atoms with E-state index >= 15 is 0 Å². The zero-order valence-electron chi connectivity index (χ0n) is 11.3. The summed E-state index contributed by atoms with van der Waals surface area (Å²) in [6.45, 7) is 3.91. The summed E-state index contributed by atoms with van der Waals surface area (Å²) in [5.74, 6) is 0.423. The van der Waals surface area contributed by atoms with E-state index in [1.165, 1.54) is 22.6 Å². The lowest BCUT2D eigenvalue weighted by Crippen LogP contribution is -2.11. The summed E-state index contributed by atoms with van der Waals surface area (Å²) < 4.78 is 13.2. The van der Waals surface area contributed by atoms with Gasteiger partial charge in [0.15, 0.2) is 0 Å². The minimum Gasteiger partial charge on any atom is -0.313 e. The molecule has 0 aromatic heterocycles. The van der Waals surface area contributed by atoms with E-state index in [9.17, 15) is 4.39 Å². The second-order valence-electron chi connectivity index (χ2n) is 4.45. The van der Waals surface area contributed by atoms with Crippen molar-refractivity contribution < 1.29 is 4.39 Å². The van der Waals surface area contributed by atoms with Crippen LogP contribution in [-0.4, -0.2) is 6.54 Å². The van der Waals surface area contributed by atoms with E-state index < -0.39 is 0 Å². The normalized spacial score (nSPS) is 10.8. The van der Waals surface area contributed by atoms with Gasteiger partial charge in [0, 0.05) is 22.2 Å². The molecule has 106 valence electrons. The molecule has 2 rings (SSSR count). The van der Waals surface area contributed by atoms with E-state index in [0.717, 1.165) is 18.7 Å². The Labute approximate surface area is 128 Å². The fourth-order valence-corrected chi connectivity index (χ4v) is 3.06. The van der Waals surface area contributed by atoms with Crippen LogP contribution < -0.4 is 5.32 Å². The number of halogens is 2. The van der Waals surface area contributed by atoms with Crippen molar-refractivity contribution in [2.75, 3.05) is 6.54 Å². The Morgan fingerprint density at radius 3 is 2.85 bits per heavy atom. The molecule has 0 heterocycles. The maximum atomic E-state index is 13.2. The van der Waals surface area contributed by atoms with Gasteiger partial charge in [-0.15, -0.1) is 11.8 Å². The van der Waals surface area contributed by atoms with Crippen LogP contribution in [0, 0.1) is 5.82 Å². The molecule has 0 aliphatic rings. The van der Waals surface area contributed by atoms with Crippen molar-refractivity contribution in [3.05, 3.63) is 64.4 Å². The smallest absolute Gasteiger partial charge is 0.123 e. The van der Waals surface area contributed by atoms with Crippen LogP contribution in [0.25, 0.3) is 0 Å². The van der Waals surface area contributed by atoms with Crippen LogP contribution in [0.5, 0.6) is 0 Å². The zero-order chi connectivity index (χ0) is 14.4. The summed E-state index contributed by atoms with van der Waals surface area (Å²) in [6.07, 6.45) is 0. The molecule has 0 aliphatic carbocycles. The zero-order valence-corrected chi connectivity index (χ0v) is 12.9. The highest BCUT2D eigenvalue weighted by Gasteiger charge is 2.04. The first-order chi connectivity index (χ1) is 9.69. The quantitative estimate of drug-likeness (QED) is 0.763. The summed E-state index contributed by atoms with van der Waals surface area (Å²) in [5, 5.41) is 3.92. The Balaban J connectivity index is 2.01. The highest BCUT2D eigenvalue weighted by atomic mass is 35.5. The number of hydrogen-bond donors (Lipinski definition) is 1. The van der Waals surface area contributed by atoms with Crippen LogP contribution in [0.4, 0.5) is 4.39 Å². The molecule has 0 fully saturated rings. The van der Waals surface area contributed by atoms with E-state index in [2.05, 4.69) is 30.4 Å². The average Bonchev–Trinajstić information content (AvgIpc) is 2.46. The van der Waals surface area contributed by atoms with Crippen molar-refractivity contribution in [2.45, 2.75) is 24.1 Å².